The number of nitrogens with zero attached hydrogens (tertiary/aromatic N) is 2. The van der Waals surface area contributed by atoms with E-state index in [-0.39, 0.29) is 0 Å². The lowest BCUT2D eigenvalue weighted by Gasteiger charge is -2.15. The largest absolute Gasteiger partial charge is 0.328 e. The normalized spacial score (nSPS) is 12.7. The van der Waals surface area contributed by atoms with Crippen molar-refractivity contribution in [1.82, 2.24) is 9.55 Å². The van der Waals surface area contributed by atoms with Gasteiger partial charge in [0.25, 0.3) is 0 Å². The third-order valence-electron chi connectivity index (χ3n) is 2.80. The predicted octanol–water partition coefficient (Wildman–Crippen LogP) is 3.11. The molecule has 2 heteroatoms. The average Bonchev–Trinajstić information content (AvgIpc) is 2.63. The van der Waals surface area contributed by atoms with Crippen molar-refractivity contribution in [1.29, 1.82) is 0 Å². The van der Waals surface area contributed by atoms with Gasteiger partial charge in [-0.2, -0.15) is 0 Å². The molecule has 2 aromatic rings. The van der Waals surface area contributed by atoms with Gasteiger partial charge in [0.15, 0.2) is 0 Å². The zero-order valence-electron chi connectivity index (χ0n) is 9.44. The van der Waals surface area contributed by atoms with Gasteiger partial charge >= 0.3 is 0 Å². The molecule has 0 spiro atoms. The van der Waals surface area contributed by atoms with E-state index in [0.717, 1.165) is 5.82 Å². The van der Waals surface area contributed by atoms with Crippen LogP contribution in [0.25, 0.3) is 0 Å². The van der Waals surface area contributed by atoms with Crippen molar-refractivity contribution < 1.29 is 0 Å². The standard InChI is InChI=1S/C13H16N2/c1-10-5-4-6-13(9-10)11(2)15-8-7-14-12(15)3/h4-9,11H,1-3H3. The van der Waals surface area contributed by atoms with E-state index in [2.05, 4.69) is 47.7 Å². The van der Waals surface area contributed by atoms with E-state index in [1.165, 1.54) is 11.1 Å². The zero-order valence-corrected chi connectivity index (χ0v) is 9.44. The lowest BCUT2D eigenvalue weighted by Crippen LogP contribution is -2.07. The molecule has 0 aliphatic rings. The molecule has 0 amide bonds. The fourth-order valence-corrected chi connectivity index (χ4v) is 1.89. The van der Waals surface area contributed by atoms with Crippen LogP contribution < -0.4 is 0 Å². The van der Waals surface area contributed by atoms with E-state index in [4.69, 9.17) is 0 Å². The molecule has 1 atom stereocenters. The first-order chi connectivity index (χ1) is 7.18. The summed E-state index contributed by atoms with van der Waals surface area (Å²) in [4.78, 5) is 4.25. The van der Waals surface area contributed by atoms with Crippen LogP contribution in [0.1, 0.15) is 29.9 Å². The molecule has 2 nitrogen and oxygen atoms in total. The van der Waals surface area contributed by atoms with E-state index in [9.17, 15) is 0 Å². The van der Waals surface area contributed by atoms with Gasteiger partial charge in [-0.25, -0.2) is 4.98 Å². The molecule has 1 aromatic heterocycles. The minimum atomic E-state index is 0.354. The maximum atomic E-state index is 4.25. The van der Waals surface area contributed by atoms with Crippen molar-refractivity contribution in [3.8, 4) is 0 Å². The number of imidazole rings is 1. The lowest BCUT2D eigenvalue weighted by atomic mass is 10.1. The molecule has 15 heavy (non-hydrogen) atoms. The Morgan fingerprint density at radius 1 is 1.27 bits per heavy atom. The number of hydrogen-bond donors (Lipinski definition) is 0. The number of aromatic nitrogens is 2. The van der Waals surface area contributed by atoms with Crippen molar-refractivity contribution in [2.75, 3.05) is 0 Å². The summed E-state index contributed by atoms with van der Waals surface area (Å²) in [5, 5.41) is 0. The average molecular weight is 200 g/mol. The fourth-order valence-electron chi connectivity index (χ4n) is 1.89. The summed E-state index contributed by atoms with van der Waals surface area (Å²) in [6.07, 6.45) is 3.88. The molecule has 0 aliphatic carbocycles. The fraction of sp³-hybridized carbons (Fsp3) is 0.308. The van der Waals surface area contributed by atoms with Crippen molar-refractivity contribution in [3.05, 3.63) is 53.6 Å². The number of benzene rings is 1. The van der Waals surface area contributed by atoms with Crippen LogP contribution in [0, 0.1) is 13.8 Å². The van der Waals surface area contributed by atoms with E-state index >= 15 is 0 Å². The van der Waals surface area contributed by atoms with Gasteiger partial charge in [0.05, 0.1) is 6.04 Å². The van der Waals surface area contributed by atoms with Crippen molar-refractivity contribution in [2.45, 2.75) is 26.8 Å². The maximum absolute atomic E-state index is 4.25. The molecule has 1 aromatic carbocycles. The van der Waals surface area contributed by atoms with Crippen molar-refractivity contribution in [3.63, 3.8) is 0 Å². The summed E-state index contributed by atoms with van der Waals surface area (Å²) in [7, 11) is 0. The Hall–Kier alpha value is -1.57. The van der Waals surface area contributed by atoms with E-state index in [1.807, 2.05) is 19.3 Å². The van der Waals surface area contributed by atoms with Crippen LogP contribution in [0.15, 0.2) is 36.7 Å². The summed E-state index contributed by atoms with van der Waals surface area (Å²) >= 11 is 0. The van der Waals surface area contributed by atoms with Crippen LogP contribution in [0.4, 0.5) is 0 Å². The van der Waals surface area contributed by atoms with Crippen LogP contribution in [0.2, 0.25) is 0 Å². The van der Waals surface area contributed by atoms with Crippen LogP contribution >= 0.6 is 0 Å². The predicted molar refractivity (Wildman–Crippen MR) is 62.0 cm³/mol. The second-order valence-electron chi connectivity index (χ2n) is 3.97. The van der Waals surface area contributed by atoms with Crippen LogP contribution in [0.3, 0.4) is 0 Å². The van der Waals surface area contributed by atoms with E-state index in [0.29, 0.717) is 6.04 Å². The summed E-state index contributed by atoms with van der Waals surface area (Å²) in [5.41, 5.74) is 2.63. The topological polar surface area (TPSA) is 17.8 Å². The molecule has 78 valence electrons. The Labute approximate surface area is 90.6 Å². The second-order valence-corrected chi connectivity index (χ2v) is 3.97. The first-order valence-corrected chi connectivity index (χ1v) is 5.24. The molecule has 0 bridgehead atoms. The highest BCUT2D eigenvalue weighted by atomic mass is 15.1. The van der Waals surface area contributed by atoms with Gasteiger partial charge in [0, 0.05) is 12.4 Å². The Morgan fingerprint density at radius 2 is 2.07 bits per heavy atom. The summed E-state index contributed by atoms with van der Waals surface area (Å²) < 4.78 is 2.19. The molecular formula is C13H16N2. The summed E-state index contributed by atoms with van der Waals surface area (Å²) in [5.74, 6) is 1.06. The Balaban J connectivity index is 2.36. The molecule has 0 saturated heterocycles. The quantitative estimate of drug-likeness (QED) is 0.728. The van der Waals surface area contributed by atoms with Gasteiger partial charge < -0.3 is 4.57 Å². The summed E-state index contributed by atoms with van der Waals surface area (Å²) in [6, 6.07) is 8.97. The molecule has 1 heterocycles. The summed E-state index contributed by atoms with van der Waals surface area (Å²) in [6.45, 7) is 6.35. The highest BCUT2D eigenvalue weighted by molar-refractivity contribution is 5.25. The third-order valence-corrected chi connectivity index (χ3v) is 2.80. The van der Waals surface area contributed by atoms with Crippen molar-refractivity contribution >= 4 is 0 Å². The SMILES string of the molecule is Cc1cccc(C(C)n2ccnc2C)c1. The minimum Gasteiger partial charge on any atom is -0.328 e. The Morgan fingerprint density at radius 3 is 2.67 bits per heavy atom. The Kier molecular flexibility index (Phi) is 2.58. The van der Waals surface area contributed by atoms with Gasteiger partial charge in [0.2, 0.25) is 0 Å². The van der Waals surface area contributed by atoms with Crippen LogP contribution in [0.5, 0.6) is 0 Å². The third kappa shape index (κ3) is 1.94. The van der Waals surface area contributed by atoms with Gasteiger partial charge in [-0.15, -0.1) is 0 Å². The van der Waals surface area contributed by atoms with Crippen molar-refractivity contribution in [2.24, 2.45) is 0 Å². The smallest absolute Gasteiger partial charge is 0.106 e. The number of hydrogen-bond acceptors (Lipinski definition) is 1. The maximum Gasteiger partial charge on any atom is 0.106 e. The van der Waals surface area contributed by atoms with Crippen LogP contribution in [-0.2, 0) is 0 Å². The highest BCUT2D eigenvalue weighted by Crippen LogP contribution is 2.19. The number of aryl methyl sites for hydroxylation is 2. The van der Waals surface area contributed by atoms with E-state index in [1.54, 1.807) is 0 Å². The first kappa shape index (κ1) is 9.97. The molecule has 2 rings (SSSR count). The van der Waals surface area contributed by atoms with Gasteiger partial charge in [-0.1, -0.05) is 29.8 Å². The second kappa shape index (κ2) is 3.89. The zero-order chi connectivity index (χ0) is 10.8. The molecule has 1 unspecified atom stereocenters. The molecule has 0 N–H and O–H groups in total. The lowest BCUT2D eigenvalue weighted by molar-refractivity contribution is 0.618. The molecule has 0 radical (unpaired) electrons. The van der Waals surface area contributed by atoms with Crippen LogP contribution in [-0.4, -0.2) is 9.55 Å². The monoisotopic (exact) mass is 200 g/mol. The molecular weight excluding hydrogens is 184 g/mol. The minimum absolute atomic E-state index is 0.354. The highest BCUT2D eigenvalue weighted by Gasteiger charge is 2.08. The van der Waals surface area contributed by atoms with Gasteiger partial charge in [-0.05, 0) is 26.3 Å². The first-order valence-electron chi connectivity index (χ1n) is 5.24. The Bertz CT molecular complexity index is 457. The molecule has 0 aliphatic heterocycles. The molecule has 0 saturated carbocycles. The van der Waals surface area contributed by atoms with E-state index < -0.39 is 0 Å². The van der Waals surface area contributed by atoms with Gasteiger partial charge in [-0.3, -0.25) is 0 Å². The van der Waals surface area contributed by atoms with Gasteiger partial charge in [0.1, 0.15) is 5.82 Å². The number of rotatable bonds is 2. The molecule has 0 fully saturated rings.